The van der Waals surface area contributed by atoms with Crippen LogP contribution < -0.4 is 16.4 Å². The van der Waals surface area contributed by atoms with E-state index in [0.29, 0.717) is 6.54 Å². The summed E-state index contributed by atoms with van der Waals surface area (Å²) in [5.41, 5.74) is 6.08. The van der Waals surface area contributed by atoms with Gasteiger partial charge in [-0.15, -0.1) is 0 Å². The van der Waals surface area contributed by atoms with Crippen LogP contribution in [-0.4, -0.2) is 39.4 Å². The molecule has 0 saturated carbocycles. The third kappa shape index (κ3) is 4.80. The number of primary amides is 1. The van der Waals surface area contributed by atoms with E-state index < -0.39 is 11.9 Å². The molecule has 0 spiro atoms. The van der Waals surface area contributed by atoms with Crippen LogP contribution >= 0.6 is 0 Å². The molecule has 4 N–H and O–H groups in total. The van der Waals surface area contributed by atoms with E-state index >= 15 is 0 Å². The number of nitrogens with one attached hydrogen (secondary N) is 2. The summed E-state index contributed by atoms with van der Waals surface area (Å²) in [5, 5.41) is 5.51. The summed E-state index contributed by atoms with van der Waals surface area (Å²) >= 11 is 0. The van der Waals surface area contributed by atoms with Crippen LogP contribution in [0.25, 0.3) is 0 Å². The lowest BCUT2D eigenvalue weighted by Crippen LogP contribution is -2.51. The van der Waals surface area contributed by atoms with Gasteiger partial charge in [0, 0.05) is 38.5 Å². The molecule has 23 heavy (non-hydrogen) atoms. The molecule has 8 heteroatoms. The summed E-state index contributed by atoms with van der Waals surface area (Å²) in [7, 11) is 0. The number of amides is 3. The van der Waals surface area contributed by atoms with Gasteiger partial charge in [0.2, 0.25) is 17.7 Å². The standard InChI is InChI=1S/C15H23N5O3/c1-9-7-20-8-11(3-6-14(20)17-9)19-15(23)12(18-10(2)21)4-5-13(16)22/h7,11-12H,3-6,8H2,1-2H3,(H2,16,22)(H,18,21)(H,19,23)/t11-,12+/m1/s1. The molecule has 0 bridgehead atoms. The van der Waals surface area contributed by atoms with Crippen LogP contribution in [-0.2, 0) is 27.3 Å². The first kappa shape index (κ1) is 17.0. The predicted molar refractivity (Wildman–Crippen MR) is 83.2 cm³/mol. The Hall–Kier alpha value is -2.38. The van der Waals surface area contributed by atoms with E-state index in [4.69, 9.17) is 5.73 Å². The van der Waals surface area contributed by atoms with Crippen molar-refractivity contribution in [1.29, 1.82) is 0 Å². The largest absolute Gasteiger partial charge is 0.370 e. The first-order chi connectivity index (χ1) is 10.8. The Balaban J connectivity index is 1.95. The van der Waals surface area contributed by atoms with E-state index in [1.54, 1.807) is 0 Å². The minimum Gasteiger partial charge on any atom is -0.370 e. The predicted octanol–water partition coefficient (Wildman–Crippen LogP) is -0.607. The Morgan fingerprint density at radius 3 is 2.87 bits per heavy atom. The van der Waals surface area contributed by atoms with Crippen LogP contribution in [0.4, 0.5) is 0 Å². The Labute approximate surface area is 134 Å². The Morgan fingerprint density at radius 1 is 1.48 bits per heavy atom. The van der Waals surface area contributed by atoms with Crippen molar-refractivity contribution in [3.05, 3.63) is 17.7 Å². The molecule has 0 radical (unpaired) electrons. The maximum atomic E-state index is 12.4. The van der Waals surface area contributed by atoms with Crippen LogP contribution in [0.5, 0.6) is 0 Å². The molecule has 1 aliphatic rings. The summed E-state index contributed by atoms with van der Waals surface area (Å²) in [6, 6.07) is -0.764. The fraction of sp³-hybridized carbons (Fsp3) is 0.600. The van der Waals surface area contributed by atoms with Gasteiger partial charge in [-0.3, -0.25) is 14.4 Å². The van der Waals surface area contributed by atoms with Crippen LogP contribution in [0.2, 0.25) is 0 Å². The molecule has 2 heterocycles. The van der Waals surface area contributed by atoms with E-state index in [9.17, 15) is 14.4 Å². The van der Waals surface area contributed by atoms with Crippen molar-refractivity contribution in [2.75, 3.05) is 0 Å². The summed E-state index contributed by atoms with van der Waals surface area (Å²) in [6.07, 6.45) is 3.80. The van der Waals surface area contributed by atoms with Gasteiger partial charge in [-0.1, -0.05) is 0 Å². The minimum atomic E-state index is -0.745. The van der Waals surface area contributed by atoms with Gasteiger partial charge in [0.25, 0.3) is 0 Å². The number of aromatic nitrogens is 2. The lowest BCUT2D eigenvalue weighted by atomic mass is 10.1. The van der Waals surface area contributed by atoms with Crippen molar-refractivity contribution in [2.45, 2.75) is 58.2 Å². The number of imidazole rings is 1. The zero-order chi connectivity index (χ0) is 17.0. The van der Waals surface area contributed by atoms with Crippen LogP contribution in [0, 0.1) is 6.92 Å². The third-order valence-corrected chi connectivity index (χ3v) is 3.83. The van der Waals surface area contributed by atoms with Crippen molar-refractivity contribution >= 4 is 17.7 Å². The van der Waals surface area contributed by atoms with Gasteiger partial charge < -0.3 is 20.9 Å². The smallest absolute Gasteiger partial charge is 0.242 e. The van der Waals surface area contributed by atoms with E-state index in [-0.39, 0.29) is 30.7 Å². The fourth-order valence-electron chi connectivity index (χ4n) is 2.81. The number of carbonyl (C=O) groups excluding carboxylic acids is 3. The molecule has 0 aliphatic carbocycles. The van der Waals surface area contributed by atoms with E-state index in [1.165, 1.54) is 6.92 Å². The van der Waals surface area contributed by atoms with Gasteiger partial charge in [-0.05, 0) is 19.8 Å². The quantitative estimate of drug-likeness (QED) is 0.647. The highest BCUT2D eigenvalue weighted by Gasteiger charge is 2.25. The highest BCUT2D eigenvalue weighted by molar-refractivity contribution is 5.87. The molecule has 0 saturated heterocycles. The summed E-state index contributed by atoms with van der Waals surface area (Å²) in [5.74, 6) is -0.0676. The number of fused-ring (bicyclic) bond motifs is 1. The maximum absolute atomic E-state index is 12.4. The van der Waals surface area contributed by atoms with Gasteiger partial charge in [0.05, 0.1) is 5.69 Å². The highest BCUT2D eigenvalue weighted by atomic mass is 16.2. The molecule has 1 aromatic heterocycles. The normalized spacial score (nSPS) is 17.9. The molecular weight excluding hydrogens is 298 g/mol. The second kappa shape index (κ2) is 7.26. The number of nitrogens with zero attached hydrogens (tertiary/aromatic N) is 2. The van der Waals surface area contributed by atoms with Crippen LogP contribution in [0.1, 0.15) is 37.7 Å². The first-order valence-corrected chi connectivity index (χ1v) is 7.73. The zero-order valence-electron chi connectivity index (χ0n) is 13.5. The van der Waals surface area contributed by atoms with Crippen molar-refractivity contribution < 1.29 is 14.4 Å². The molecule has 8 nitrogen and oxygen atoms in total. The molecule has 0 fully saturated rings. The Kier molecular flexibility index (Phi) is 5.36. The summed E-state index contributed by atoms with van der Waals surface area (Å²) in [6.45, 7) is 3.94. The molecule has 2 atom stereocenters. The highest BCUT2D eigenvalue weighted by Crippen LogP contribution is 2.15. The van der Waals surface area contributed by atoms with Gasteiger partial charge in [0.1, 0.15) is 11.9 Å². The Morgan fingerprint density at radius 2 is 2.22 bits per heavy atom. The van der Waals surface area contributed by atoms with Gasteiger partial charge in [0.15, 0.2) is 0 Å². The Bertz CT molecular complexity index is 610. The third-order valence-electron chi connectivity index (χ3n) is 3.83. The minimum absolute atomic E-state index is 0.0200. The van der Waals surface area contributed by atoms with E-state index in [0.717, 1.165) is 24.4 Å². The number of aryl methyl sites for hydroxylation is 2. The van der Waals surface area contributed by atoms with Crippen LogP contribution in [0.15, 0.2) is 6.20 Å². The summed E-state index contributed by atoms with van der Waals surface area (Å²) in [4.78, 5) is 39.0. The van der Waals surface area contributed by atoms with E-state index in [1.807, 2.05) is 17.7 Å². The molecule has 0 aromatic carbocycles. The average molecular weight is 321 g/mol. The number of carbonyl (C=O) groups is 3. The van der Waals surface area contributed by atoms with Crippen molar-refractivity contribution in [3.63, 3.8) is 0 Å². The molecule has 2 rings (SSSR count). The fourth-order valence-corrected chi connectivity index (χ4v) is 2.81. The number of hydrogen-bond acceptors (Lipinski definition) is 4. The van der Waals surface area contributed by atoms with E-state index in [2.05, 4.69) is 15.6 Å². The second-order valence-electron chi connectivity index (χ2n) is 5.95. The second-order valence-corrected chi connectivity index (χ2v) is 5.95. The SMILES string of the molecule is CC(=O)N[C@@H](CCC(N)=O)C(=O)N[C@@H]1CCc2nc(C)cn2C1. The van der Waals surface area contributed by atoms with Gasteiger partial charge in [-0.2, -0.15) is 0 Å². The first-order valence-electron chi connectivity index (χ1n) is 7.73. The van der Waals surface area contributed by atoms with Crippen molar-refractivity contribution in [2.24, 2.45) is 5.73 Å². The monoisotopic (exact) mass is 321 g/mol. The zero-order valence-corrected chi connectivity index (χ0v) is 13.5. The number of hydrogen-bond donors (Lipinski definition) is 3. The average Bonchev–Trinajstić information content (AvgIpc) is 2.82. The number of rotatable bonds is 6. The van der Waals surface area contributed by atoms with Crippen LogP contribution in [0.3, 0.4) is 0 Å². The van der Waals surface area contributed by atoms with Gasteiger partial charge in [-0.25, -0.2) is 4.98 Å². The molecule has 126 valence electrons. The van der Waals surface area contributed by atoms with Crippen molar-refractivity contribution in [1.82, 2.24) is 20.2 Å². The molecule has 1 aromatic rings. The topological polar surface area (TPSA) is 119 Å². The van der Waals surface area contributed by atoms with Crippen molar-refractivity contribution in [3.8, 4) is 0 Å². The molecular formula is C15H23N5O3. The van der Waals surface area contributed by atoms with Gasteiger partial charge >= 0.3 is 0 Å². The lowest BCUT2D eigenvalue weighted by Gasteiger charge is -2.27. The molecule has 1 aliphatic heterocycles. The number of nitrogens with two attached hydrogens (primary N) is 1. The maximum Gasteiger partial charge on any atom is 0.242 e. The lowest BCUT2D eigenvalue weighted by molar-refractivity contribution is -0.129. The molecule has 3 amide bonds. The summed E-state index contributed by atoms with van der Waals surface area (Å²) < 4.78 is 2.04. The molecule has 0 unspecified atom stereocenters.